The molecule has 0 heterocycles. The fraction of sp³-hybridized carbons (Fsp3) is 0.429. The van der Waals surface area contributed by atoms with Gasteiger partial charge in [0, 0.05) is 12.1 Å². The number of nitrogens with one attached hydrogen (secondary N) is 1. The summed E-state index contributed by atoms with van der Waals surface area (Å²) in [7, 11) is 0. The first-order valence-corrected chi connectivity index (χ1v) is 6.55. The summed E-state index contributed by atoms with van der Waals surface area (Å²) in [5.74, 6) is 0.661. The number of benzene rings is 1. The Hall–Kier alpha value is -1.42. The van der Waals surface area contributed by atoms with Gasteiger partial charge in [-0.25, -0.2) is 0 Å². The van der Waals surface area contributed by atoms with Crippen LogP contribution in [0.25, 0.3) is 0 Å². The zero-order valence-corrected chi connectivity index (χ0v) is 11.7. The van der Waals surface area contributed by atoms with E-state index < -0.39 is 0 Å². The Balaban J connectivity index is 2.42. The molecule has 0 unspecified atom stereocenters. The summed E-state index contributed by atoms with van der Waals surface area (Å²) in [5.41, 5.74) is 7.31. The second kappa shape index (κ2) is 7.11. The molecular weight excluding hydrogens is 244 g/mol. The molecule has 1 aromatic carbocycles. The van der Waals surface area contributed by atoms with Crippen molar-refractivity contribution >= 4 is 23.1 Å². The molecule has 0 aromatic heterocycles. The van der Waals surface area contributed by atoms with Crippen LogP contribution in [0.15, 0.2) is 24.3 Å². The Morgan fingerprint density at radius 1 is 1.33 bits per heavy atom. The van der Waals surface area contributed by atoms with Crippen molar-refractivity contribution in [1.29, 1.82) is 0 Å². The first-order chi connectivity index (χ1) is 8.49. The normalized spacial score (nSPS) is 10.4. The minimum Gasteiger partial charge on any atom is -0.389 e. The minimum atomic E-state index is 0.0544. The number of rotatable bonds is 6. The molecule has 0 fully saturated rings. The number of hydrogen-bond donors (Lipinski definition) is 2. The predicted octanol–water partition coefficient (Wildman–Crippen LogP) is 2.03. The Morgan fingerprint density at radius 2 is 1.94 bits per heavy atom. The minimum absolute atomic E-state index is 0.0544. The van der Waals surface area contributed by atoms with Crippen LogP contribution in [0.5, 0.6) is 0 Å². The van der Waals surface area contributed by atoms with E-state index in [4.69, 9.17) is 18.0 Å². The van der Waals surface area contributed by atoms with Gasteiger partial charge in [-0.2, -0.15) is 0 Å². The molecular formula is C14H20N2OS. The summed E-state index contributed by atoms with van der Waals surface area (Å²) in [4.78, 5) is 12.0. The smallest absolute Gasteiger partial charge is 0.224 e. The molecule has 0 bridgehead atoms. The number of amides is 1. The highest BCUT2D eigenvalue weighted by Crippen LogP contribution is 2.05. The zero-order chi connectivity index (χ0) is 13.5. The van der Waals surface area contributed by atoms with Crippen molar-refractivity contribution < 1.29 is 4.79 Å². The first kappa shape index (κ1) is 14.6. The van der Waals surface area contributed by atoms with Gasteiger partial charge in [0.25, 0.3) is 0 Å². The van der Waals surface area contributed by atoms with E-state index in [1.165, 1.54) is 0 Å². The summed E-state index contributed by atoms with van der Waals surface area (Å²) >= 11 is 4.87. The number of carbonyl (C=O) groups excluding carboxylic acids is 1. The Kier molecular flexibility index (Phi) is 5.78. The standard InChI is InChI=1S/C14H20N2OS/c1-10(2)7-8-16-13(17)9-11-3-5-12(6-4-11)14(15)18/h3-6,10H,7-9H2,1-2H3,(H2,15,18)(H,16,17). The van der Waals surface area contributed by atoms with E-state index in [1.807, 2.05) is 24.3 Å². The average Bonchev–Trinajstić information content (AvgIpc) is 2.29. The molecule has 4 heteroatoms. The molecule has 0 saturated heterocycles. The van der Waals surface area contributed by atoms with Crippen LogP contribution < -0.4 is 11.1 Å². The van der Waals surface area contributed by atoms with Crippen LogP contribution in [-0.2, 0) is 11.2 Å². The topological polar surface area (TPSA) is 55.1 Å². The third kappa shape index (κ3) is 5.27. The van der Waals surface area contributed by atoms with Gasteiger partial charge in [0.2, 0.25) is 5.91 Å². The summed E-state index contributed by atoms with van der Waals surface area (Å²) in [6.07, 6.45) is 1.40. The molecule has 98 valence electrons. The van der Waals surface area contributed by atoms with Crippen LogP contribution in [0.3, 0.4) is 0 Å². The quantitative estimate of drug-likeness (QED) is 0.773. The average molecular weight is 264 g/mol. The number of nitrogens with two attached hydrogens (primary N) is 1. The molecule has 1 amide bonds. The molecule has 1 rings (SSSR count). The van der Waals surface area contributed by atoms with Gasteiger partial charge in [-0.15, -0.1) is 0 Å². The number of hydrogen-bond acceptors (Lipinski definition) is 2. The van der Waals surface area contributed by atoms with Crippen LogP contribution in [0.2, 0.25) is 0 Å². The second-order valence-electron chi connectivity index (χ2n) is 4.77. The van der Waals surface area contributed by atoms with E-state index in [0.717, 1.165) is 24.1 Å². The first-order valence-electron chi connectivity index (χ1n) is 6.14. The largest absolute Gasteiger partial charge is 0.389 e. The van der Waals surface area contributed by atoms with Crippen LogP contribution in [0.1, 0.15) is 31.4 Å². The lowest BCUT2D eigenvalue weighted by molar-refractivity contribution is -0.120. The van der Waals surface area contributed by atoms with Gasteiger partial charge < -0.3 is 11.1 Å². The number of carbonyl (C=O) groups is 1. The van der Waals surface area contributed by atoms with Gasteiger partial charge in [0.15, 0.2) is 0 Å². The molecule has 0 spiro atoms. The lowest BCUT2D eigenvalue weighted by Crippen LogP contribution is -2.26. The van der Waals surface area contributed by atoms with Crippen LogP contribution in [0.4, 0.5) is 0 Å². The summed E-state index contributed by atoms with van der Waals surface area (Å²) in [6, 6.07) is 7.46. The molecule has 0 aliphatic carbocycles. The van der Waals surface area contributed by atoms with Gasteiger partial charge in [-0.05, 0) is 17.9 Å². The highest BCUT2D eigenvalue weighted by atomic mass is 32.1. The van der Waals surface area contributed by atoms with Crippen molar-refractivity contribution in [3.63, 3.8) is 0 Å². The van der Waals surface area contributed by atoms with Crippen molar-refractivity contribution in [3.8, 4) is 0 Å². The van der Waals surface area contributed by atoms with Gasteiger partial charge in [0.05, 0.1) is 6.42 Å². The highest BCUT2D eigenvalue weighted by molar-refractivity contribution is 7.80. The Labute approximate surface area is 114 Å². The van der Waals surface area contributed by atoms with Crippen LogP contribution in [0, 0.1) is 5.92 Å². The van der Waals surface area contributed by atoms with E-state index in [-0.39, 0.29) is 5.91 Å². The van der Waals surface area contributed by atoms with E-state index in [1.54, 1.807) is 0 Å². The molecule has 1 aromatic rings. The van der Waals surface area contributed by atoms with Crippen molar-refractivity contribution in [2.75, 3.05) is 6.54 Å². The zero-order valence-electron chi connectivity index (χ0n) is 10.9. The van der Waals surface area contributed by atoms with Gasteiger partial charge in [-0.1, -0.05) is 50.3 Å². The molecule has 3 nitrogen and oxygen atoms in total. The van der Waals surface area contributed by atoms with Gasteiger partial charge in [0.1, 0.15) is 4.99 Å². The van der Waals surface area contributed by atoms with Crippen molar-refractivity contribution in [3.05, 3.63) is 35.4 Å². The third-order valence-corrected chi connectivity index (χ3v) is 2.88. The maximum Gasteiger partial charge on any atom is 0.224 e. The lowest BCUT2D eigenvalue weighted by Gasteiger charge is -2.07. The summed E-state index contributed by atoms with van der Waals surface area (Å²) in [6.45, 7) is 5.02. The van der Waals surface area contributed by atoms with Gasteiger partial charge in [-0.3, -0.25) is 4.79 Å². The second-order valence-corrected chi connectivity index (χ2v) is 5.21. The van der Waals surface area contributed by atoms with Crippen molar-refractivity contribution in [2.24, 2.45) is 11.7 Å². The Bertz CT molecular complexity index is 412. The monoisotopic (exact) mass is 264 g/mol. The molecule has 3 N–H and O–H groups in total. The summed E-state index contributed by atoms with van der Waals surface area (Å²) in [5, 5.41) is 2.91. The van der Waals surface area contributed by atoms with E-state index >= 15 is 0 Å². The third-order valence-electron chi connectivity index (χ3n) is 2.65. The SMILES string of the molecule is CC(C)CCNC(=O)Cc1ccc(C(N)=S)cc1. The van der Waals surface area contributed by atoms with E-state index in [9.17, 15) is 4.79 Å². The Morgan fingerprint density at radius 3 is 2.44 bits per heavy atom. The fourth-order valence-electron chi connectivity index (χ4n) is 1.54. The highest BCUT2D eigenvalue weighted by Gasteiger charge is 2.04. The van der Waals surface area contributed by atoms with Crippen LogP contribution in [-0.4, -0.2) is 17.4 Å². The van der Waals surface area contributed by atoms with Crippen molar-refractivity contribution in [1.82, 2.24) is 5.32 Å². The molecule has 18 heavy (non-hydrogen) atoms. The lowest BCUT2D eigenvalue weighted by atomic mass is 10.1. The maximum atomic E-state index is 11.7. The molecule has 0 aliphatic rings. The van der Waals surface area contributed by atoms with Gasteiger partial charge >= 0.3 is 0 Å². The maximum absolute atomic E-state index is 11.7. The van der Waals surface area contributed by atoms with E-state index in [2.05, 4.69) is 19.2 Å². The molecule has 0 radical (unpaired) electrons. The molecule has 0 atom stereocenters. The van der Waals surface area contributed by atoms with E-state index in [0.29, 0.717) is 17.3 Å². The van der Waals surface area contributed by atoms with Crippen LogP contribution >= 0.6 is 12.2 Å². The fourth-order valence-corrected chi connectivity index (χ4v) is 1.67. The molecule has 0 saturated carbocycles. The van der Waals surface area contributed by atoms with Crippen molar-refractivity contribution in [2.45, 2.75) is 26.7 Å². The number of thiocarbonyl (C=S) groups is 1. The molecule has 0 aliphatic heterocycles. The summed E-state index contributed by atoms with van der Waals surface area (Å²) < 4.78 is 0. The predicted molar refractivity (Wildman–Crippen MR) is 78.5 cm³/mol.